The van der Waals surface area contributed by atoms with Gasteiger partial charge >= 0.3 is 0 Å². The summed E-state index contributed by atoms with van der Waals surface area (Å²) < 4.78 is 5.56. The first-order valence-electron chi connectivity index (χ1n) is 10.8. The summed E-state index contributed by atoms with van der Waals surface area (Å²) in [4.78, 5) is 14.6. The van der Waals surface area contributed by atoms with E-state index >= 15 is 0 Å². The number of nitrogens with one attached hydrogen (secondary N) is 1. The highest BCUT2D eigenvalue weighted by Gasteiger charge is 2.21. The number of piperidine rings is 1. The molecule has 1 atom stereocenters. The van der Waals surface area contributed by atoms with E-state index in [1.807, 2.05) is 0 Å². The van der Waals surface area contributed by atoms with Gasteiger partial charge < -0.3 is 10.1 Å². The Morgan fingerprint density at radius 3 is 2.68 bits per heavy atom. The monoisotopic (exact) mass is 380 g/mol. The van der Waals surface area contributed by atoms with Crippen LogP contribution in [0.1, 0.15) is 44.1 Å². The molecule has 0 saturated carbocycles. The van der Waals surface area contributed by atoms with Crippen LogP contribution in [-0.4, -0.2) is 43.2 Å². The Kier molecular flexibility index (Phi) is 6.61. The van der Waals surface area contributed by atoms with Crippen LogP contribution in [0.4, 0.5) is 0 Å². The molecule has 150 valence electrons. The van der Waals surface area contributed by atoms with E-state index in [0.717, 1.165) is 45.5 Å². The van der Waals surface area contributed by atoms with Crippen LogP contribution < -0.4 is 5.32 Å². The van der Waals surface area contributed by atoms with Crippen LogP contribution in [0.5, 0.6) is 0 Å². The van der Waals surface area contributed by atoms with Crippen molar-refractivity contribution < 1.29 is 9.53 Å². The van der Waals surface area contributed by atoms with Gasteiger partial charge in [0.15, 0.2) is 0 Å². The minimum Gasteiger partial charge on any atom is -0.376 e. The summed E-state index contributed by atoms with van der Waals surface area (Å²) >= 11 is 0. The van der Waals surface area contributed by atoms with Crippen LogP contribution in [0.15, 0.2) is 42.5 Å². The number of hydrogen-bond donors (Lipinski definition) is 1. The Balaban J connectivity index is 1.16. The fourth-order valence-electron chi connectivity index (χ4n) is 4.49. The lowest BCUT2D eigenvalue weighted by molar-refractivity contribution is -0.122. The first-order chi connectivity index (χ1) is 13.8. The lowest BCUT2D eigenvalue weighted by atomic mass is 9.91. The van der Waals surface area contributed by atoms with Gasteiger partial charge in [0.1, 0.15) is 0 Å². The standard InChI is InChI=1S/C24H32N2O2/c27-24(25-17-23-6-3-15-28-23)10-8-19-11-13-26(14-12-19)18-20-7-9-21-4-1-2-5-22(21)16-20/h1-2,4-5,7,9,16,19,23H,3,6,8,10-15,17-18H2,(H,25,27). The molecular formula is C24H32N2O2. The maximum atomic E-state index is 12.1. The van der Waals surface area contributed by atoms with Gasteiger partial charge in [0.05, 0.1) is 6.10 Å². The van der Waals surface area contributed by atoms with Crippen molar-refractivity contribution in [1.82, 2.24) is 10.2 Å². The van der Waals surface area contributed by atoms with Crippen LogP contribution in [0.3, 0.4) is 0 Å². The van der Waals surface area contributed by atoms with E-state index < -0.39 is 0 Å². The van der Waals surface area contributed by atoms with Crippen molar-refractivity contribution in [2.75, 3.05) is 26.2 Å². The van der Waals surface area contributed by atoms with E-state index in [1.165, 1.54) is 29.2 Å². The number of nitrogens with zero attached hydrogens (tertiary/aromatic N) is 1. The molecule has 2 aromatic carbocycles. The number of carbonyl (C=O) groups excluding carboxylic acids is 1. The second kappa shape index (κ2) is 9.53. The molecule has 2 aliphatic heterocycles. The van der Waals surface area contributed by atoms with E-state index in [1.54, 1.807) is 0 Å². The smallest absolute Gasteiger partial charge is 0.220 e. The largest absolute Gasteiger partial charge is 0.376 e. The number of hydrogen-bond acceptors (Lipinski definition) is 3. The third-order valence-corrected chi connectivity index (χ3v) is 6.26. The summed E-state index contributed by atoms with van der Waals surface area (Å²) in [6.07, 6.45) is 6.51. The summed E-state index contributed by atoms with van der Waals surface area (Å²) in [5.74, 6) is 0.871. The molecule has 2 heterocycles. The zero-order valence-corrected chi connectivity index (χ0v) is 16.7. The number of fused-ring (bicyclic) bond motifs is 1. The summed E-state index contributed by atoms with van der Waals surface area (Å²) in [7, 11) is 0. The second-order valence-electron chi connectivity index (χ2n) is 8.38. The number of carbonyl (C=O) groups is 1. The first-order valence-corrected chi connectivity index (χ1v) is 10.8. The minimum absolute atomic E-state index is 0.189. The van der Waals surface area contributed by atoms with Gasteiger partial charge in [-0.25, -0.2) is 0 Å². The van der Waals surface area contributed by atoms with Crippen molar-refractivity contribution in [3.63, 3.8) is 0 Å². The molecule has 1 amide bonds. The Bertz CT molecular complexity index is 777. The Hall–Kier alpha value is -1.91. The molecule has 0 aromatic heterocycles. The van der Waals surface area contributed by atoms with Gasteiger partial charge in [-0.15, -0.1) is 0 Å². The molecule has 4 rings (SSSR count). The number of rotatable bonds is 7. The van der Waals surface area contributed by atoms with Crippen molar-refractivity contribution in [2.45, 2.75) is 51.2 Å². The van der Waals surface area contributed by atoms with Crippen LogP contribution in [0.2, 0.25) is 0 Å². The molecule has 1 unspecified atom stereocenters. The molecule has 4 nitrogen and oxygen atoms in total. The summed E-state index contributed by atoms with van der Waals surface area (Å²) in [5.41, 5.74) is 1.39. The third kappa shape index (κ3) is 5.33. The second-order valence-corrected chi connectivity index (χ2v) is 8.38. The van der Waals surface area contributed by atoms with Crippen molar-refractivity contribution in [1.29, 1.82) is 0 Å². The van der Waals surface area contributed by atoms with Crippen LogP contribution >= 0.6 is 0 Å². The third-order valence-electron chi connectivity index (χ3n) is 6.26. The highest BCUT2D eigenvalue weighted by molar-refractivity contribution is 5.83. The Labute approximate surface area is 168 Å². The average molecular weight is 381 g/mol. The molecular weight excluding hydrogens is 348 g/mol. The van der Waals surface area contributed by atoms with Gasteiger partial charge in [0.25, 0.3) is 0 Å². The quantitative estimate of drug-likeness (QED) is 0.785. The number of ether oxygens (including phenoxy) is 1. The van der Waals surface area contributed by atoms with Crippen molar-refractivity contribution in [3.05, 3.63) is 48.0 Å². The fraction of sp³-hybridized carbons (Fsp3) is 0.542. The van der Waals surface area contributed by atoms with Gasteiger partial charge in [-0.1, -0.05) is 36.4 Å². The van der Waals surface area contributed by atoms with Gasteiger partial charge in [0, 0.05) is 26.1 Å². The molecule has 1 N–H and O–H groups in total. The maximum Gasteiger partial charge on any atom is 0.220 e. The molecule has 0 bridgehead atoms. The molecule has 2 aromatic rings. The Morgan fingerprint density at radius 1 is 1.07 bits per heavy atom. The minimum atomic E-state index is 0.189. The van der Waals surface area contributed by atoms with Gasteiger partial charge in [-0.3, -0.25) is 9.69 Å². The van der Waals surface area contributed by atoms with E-state index in [4.69, 9.17) is 4.74 Å². The molecule has 2 saturated heterocycles. The summed E-state index contributed by atoms with van der Waals surface area (Å²) in [6.45, 7) is 4.82. The molecule has 0 aliphatic carbocycles. The fourth-order valence-corrected chi connectivity index (χ4v) is 4.49. The molecule has 0 radical (unpaired) electrons. The van der Waals surface area contributed by atoms with Crippen molar-refractivity contribution in [2.24, 2.45) is 5.92 Å². The van der Waals surface area contributed by atoms with Gasteiger partial charge in [-0.05, 0) is 73.5 Å². The van der Waals surface area contributed by atoms with Crippen molar-refractivity contribution in [3.8, 4) is 0 Å². The highest BCUT2D eigenvalue weighted by atomic mass is 16.5. The summed E-state index contributed by atoms with van der Waals surface area (Å²) in [6, 6.07) is 15.4. The van der Waals surface area contributed by atoms with Crippen LogP contribution in [-0.2, 0) is 16.1 Å². The zero-order valence-electron chi connectivity index (χ0n) is 16.7. The molecule has 2 fully saturated rings. The number of amides is 1. The number of likely N-dealkylation sites (tertiary alicyclic amines) is 1. The van der Waals surface area contributed by atoms with Gasteiger partial charge in [0.2, 0.25) is 5.91 Å². The lowest BCUT2D eigenvalue weighted by Crippen LogP contribution is -2.34. The van der Waals surface area contributed by atoms with Crippen molar-refractivity contribution >= 4 is 16.7 Å². The maximum absolute atomic E-state index is 12.1. The first kappa shape index (κ1) is 19.4. The molecule has 0 spiro atoms. The number of benzene rings is 2. The summed E-state index contributed by atoms with van der Waals surface area (Å²) in [5, 5.41) is 5.68. The van der Waals surface area contributed by atoms with E-state index in [-0.39, 0.29) is 12.0 Å². The van der Waals surface area contributed by atoms with Crippen LogP contribution in [0.25, 0.3) is 10.8 Å². The molecule has 2 aliphatic rings. The normalized spacial score (nSPS) is 21.2. The zero-order chi connectivity index (χ0) is 19.2. The van der Waals surface area contributed by atoms with E-state index in [9.17, 15) is 4.79 Å². The van der Waals surface area contributed by atoms with E-state index in [0.29, 0.717) is 18.9 Å². The topological polar surface area (TPSA) is 41.6 Å². The molecule has 4 heteroatoms. The lowest BCUT2D eigenvalue weighted by Gasteiger charge is -2.32. The highest BCUT2D eigenvalue weighted by Crippen LogP contribution is 2.24. The average Bonchev–Trinajstić information content (AvgIpc) is 3.25. The predicted molar refractivity (Wildman–Crippen MR) is 113 cm³/mol. The SMILES string of the molecule is O=C(CCC1CCN(Cc2ccc3ccccc3c2)CC1)NCC1CCCO1. The Morgan fingerprint density at radius 2 is 1.89 bits per heavy atom. The van der Waals surface area contributed by atoms with Gasteiger partial charge in [-0.2, -0.15) is 0 Å². The predicted octanol–water partition coefficient (Wildman–Crippen LogP) is 4.13. The van der Waals surface area contributed by atoms with Crippen LogP contribution in [0, 0.1) is 5.92 Å². The van der Waals surface area contributed by atoms with E-state index in [2.05, 4.69) is 52.7 Å². The molecule has 28 heavy (non-hydrogen) atoms.